The highest BCUT2D eigenvalue weighted by molar-refractivity contribution is 6.05. The number of nitrogens with zero attached hydrogens (tertiary/aromatic N) is 1. The van der Waals surface area contributed by atoms with Crippen LogP contribution in [0.2, 0.25) is 0 Å². The van der Waals surface area contributed by atoms with Gasteiger partial charge < -0.3 is 21.1 Å². The van der Waals surface area contributed by atoms with Crippen molar-refractivity contribution in [2.24, 2.45) is 11.8 Å². The van der Waals surface area contributed by atoms with Crippen LogP contribution in [-0.2, 0) is 11.2 Å². The number of rotatable bonds is 6. The van der Waals surface area contributed by atoms with E-state index in [1.807, 2.05) is 42.5 Å². The lowest BCUT2D eigenvalue weighted by Crippen LogP contribution is -2.27. The molecule has 1 aromatic heterocycles. The minimum absolute atomic E-state index is 0.126. The summed E-state index contributed by atoms with van der Waals surface area (Å²) in [4.78, 5) is 28.6. The quantitative estimate of drug-likeness (QED) is 0.501. The van der Waals surface area contributed by atoms with E-state index in [1.54, 1.807) is 18.3 Å². The normalized spacial score (nSPS) is 16.9. The molecular weight excluding hydrogens is 380 g/mol. The molecule has 0 unspecified atom stereocenters. The molecule has 0 saturated carbocycles. The number of hydrogen-bond acceptors (Lipinski definition) is 4. The molecule has 4 rings (SSSR count). The van der Waals surface area contributed by atoms with Crippen LogP contribution in [0.4, 0.5) is 16.2 Å². The maximum Gasteiger partial charge on any atom is 0.323 e. The Bertz CT molecular complexity index is 1060. The zero-order chi connectivity index (χ0) is 20.9. The van der Waals surface area contributed by atoms with Crippen LogP contribution in [0.15, 0.2) is 60.8 Å². The van der Waals surface area contributed by atoms with Gasteiger partial charge in [-0.05, 0) is 61.7 Å². The van der Waals surface area contributed by atoms with Gasteiger partial charge in [-0.15, -0.1) is 0 Å². The van der Waals surface area contributed by atoms with Crippen molar-refractivity contribution in [3.8, 4) is 0 Å². The molecule has 0 aliphatic carbocycles. The molecule has 0 bridgehead atoms. The Hall–Kier alpha value is -3.45. The Morgan fingerprint density at radius 3 is 2.77 bits per heavy atom. The Morgan fingerprint density at radius 1 is 1.13 bits per heavy atom. The van der Waals surface area contributed by atoms with Gasteiger partial charge in [0, 0.05) is 17.3 Å². The maximum absolute atomic E-state index is 12.5. The Labute approximate surface area is 174 Å². The molecule has 4 N–H and O–H groups in total. The lowest BCUT2D eigenvalue weighted by Gasteiger charge is -2.19. The van der Waals surface area contributed by atoms with Gasteiger partial charge in [0.1, 0.15) is 0 Å². The lowest BCUT2D eigenvalue weighted by atomic mass is 9.86. The summed E-state index contributed by atoms with van der Waals surface area (Å²) < 4.78 is 0. The maximum atomic E-state index is 12.5. The van der Waals surface area contributed by atoms with Gasteiger partial charge in [-0.1, -0.05) is 30.3 Å². The second-order valence-corrected chi connectivity index (χ2v) is 7.56. The van der Waals surface area contributed by atoms with Gasteiger partial charge >= 0.3 is 12.0 Å². The van der Waals surface area contributed by atoms with E-state index in [0.29, 0.717) is 17.8 Å². The monoisotopic (exact) mass is 404 g/mol. The molecule has 2 atom stereocenters. The number of nitrogens with one attached hydrogen (secondary N) is 3. The number of carboxylic acid groups (broad SMARTS) is 1. The first-order valence-corrected chi connectivity index (χ1v) is 10.0. The molecule has 2 aromatic carbocycles. The summed E-state index contributed by atoms with van der Waals surface area (Å²) >= 11 is 0. The first-order valence-electron chi connectivity index (χ1n) is 10.0. The van der Waals surface area contributed by atoms with Crippen LogP contribution < -0.4 is 16.0 Å². The van der Waals surface area contributed by atoms with E-state index in [0.717, 1.165) is 36.0 Å². The summed E-state index contributed by atoms with van der Waals surface area (Å²) in [5.74, 6) is -1.09. The fraction of sp³-hybridized carbons (Fsp3) is 0.261. The van der Waals surface area contributed by atoms with Gasteiger partial charge in [-0.3, -0.25) is 9.78 Å². The predicted molar refractivity (Wildman–Crippen MR) is 117 cm³/mol. The van der Waals surface area contributed by atoms with Gasteiger partial charge in [0.05, 0.1) is 17.1 Å². The van der Waals surface area contributed by atoms with Crippen LogP contribution in [0.25, 0.3) is 10.9 Å². The van der Waals surface area contributed by atoms with E-state index in [1.165, 1.54) is 0 Å². The van der Waals surface area contributed by atoms with Crippen LogP contribution >= 0.6 is 0 Å². The number of pyridine rings is 1. The van der Waals surface area contributed by atoms with Gasteiger partial charge in [-0.2, -0.15) is 0 Å². The van der Waals surface area contributed by atoms with Crippen molar-refractivity contribution < 1.29 is 14.7 Å². The number of para-hydroxylation sites is 1. The number of urea groups is 1. The topological polar surface area (TPSA) is 103 Å². The summed E-state index contributed by atoms with van der Waals surface area (Å²) in [5.41, 5.74) is 2.85. The predicted octanol–water partition coefficient (Wildman–Crippen LogP) is 3.73. The Balaban J connectivity index is 1.44. The highest BCUT2D eigenvalue weighted by atomic mass is 16.4. The van der Waals surface area contributed by atoms with Crippen molar-refractivity contribution in [1.29, 1.82) is 0 Å². The number of carbonyl (C=O) groups excluding carboxylic acids is 1. The van der Waals surface area contributed by atoms with Gasteiger partial charge in [0.2, 0.25) is 0 Å². The van der Waals surface area contributed by atoms with Gasteiger partial charge in [0.15, 0.2) is 0 Å². The summed E-state index contributed by atoms with van der Waals surface area (Å²) in [6.07, 6.45) is 3.00. The largest absolute Gasteiger partial charge is 0.481 e. The van der Waals surface area contributed by atoms with Crippen molar-refractivity contribution in [2.45, 2.75) is 12.8 Å². The van der Waals surface area contributed by atoms with E-state index in [2.05, 4.69) is 20.9 Å². The summed E-state index contributed by atoms with van der Waals surface area (Å²) in [7, 11) is 0. The van der Waals surface area contributed by atoms with Crippen LogP contribution in [0.5, 0.6) is 0 Å². The smallest absolute Gasteiger partial charge is 0.323 e. The summed E-state index contributed by atoms with van der Waals surface area (Å²) in [6, 6.07) is 16.4. The molecule has 1 aliphatic rings. The number of fused-ring (bicyclic) bond motifs is 1. The van der Waals surface area contributed by atoms with Crippen molar-refractivity contribution in [3.05, 3.63) is 66.4 Å². The zero-order valence-electron chi connectivity index (χ0n) is 16.5. The molecular formula is C23H24N4O3. The number of carbonyl (C=O) groups is 2. The minimum atomic E-state index is -0.775. The molecule has 0 radical (unpaired) electrons. The van der Waals surface area contributed by atoms with E-state index >= 15 is 0 Å². The highest BCUT2D eigenvalue weighted by Gasteiger charge is 2.30. The number of anilines is 2. The van der Waals surface area contributed by atoms with Crippen LogP contribution in [0, 0.1) is 11.8 Å². The van der Waals surface area contributed by atoms with E-state index < -0.39 is 11.9 Å². The van der Waals surface area contributed by atoms with Crippen LogP contribution in [0.3, 0.4) is 0 Å². The number of aromatic nitrogens is 1. The molecule has 2 heterocycles. The third-order valence-electron chi connectivity index (χ3n) is 5.51. The Morgan fingerprint density at radius 2 is 1.97 bits per heavy atom. The minimum Gasteiger partial charge on any atom is -0.481 e. The summed E-state index contributed by atoms with van der Waals surface area (Å²) in [6.45, 7) is 1.59. The molecule has 7 heteroatoms. The van der Waals surface area contributed by atoms with E-state index in [-0.39, 0.29) is 11.9 Å². The Kier molecular flexibility index (Phi) is 5.90. The third-order valence-corrected chi connectivity index (χ3v) is 5.51. The fourth-order valence-corrected chi connectivity index (χ4v) is 4.00. The molecule has 2 amide bonds. The number of benzene rings is 2. The van der Waals surface area contributed by atoms with E-state index in [9.17, 15) is 14.7 Å². The average Bonchev–Trinajstić information content (AvgIpc) is 3.27. The number of aliphatic carboxylic acids is 1. The molecule has 1 saturated heterocycles. The number of carboxylic acids is 1. The molecule has 7 nitrogen and oxygen atoms in total. The van der Waals surface area contributed by atoms with Gasteiger partial charge in [-0.25, -0.2) is 4.79 Å². The molecule has 0 spiro atoms. The summed E-state index contributed by atoms with van der Waals surface area (Å²) in [5, 5.41) is 19.5. The second-order valence-electron chi connectivity index (χ2n) is 7.56. The van der Waals surface area contributed by atoms with Crippen LogP contribution in [-0.4, -0.2) is 35.2 Å². The van der Waals surface area contributed by atoms with Crippen molar-refractivity contribution in [3.63, 3.8) is 0 Å². The second kappa shape index (κ2) is 8.92. The molecule has 154 valence electrons. The molecule has 3 aromatic rings. The third kappa shape index (κ3) is 4.58. The van der Waals surface area contributed by atoms with Crippen molar-refractivity contribution in [2.75, 3.05) is 23.7 Å². The number of hydrogen-bond donors (Lipinski definition) is 4. The first-order chi connectivity index (χ1) is 14.6. The van der Waals surface area contributed by atoms with E-state index in [4.69, 9.17) is 0 Å². The van der Waals surface area contributed by atoms with Crippen LogP contribution in [0.1, 0.15) is 12.0 Å². The first kappa shape index (κ1) is 19.8. The molecule has 1 aliphatic heterocycles. The standard InChI is InChI=1S/C23H24N4O3/c28-22(29)19(17-9-11-24-14-17)13-15-4-1-7-18(12-15)26-23(30)27-20-8-2-5-16-6-3-10-25-21(16)20/h1-8,10,12,17,19,24H,9,11,13-14H2,(H,28,29)(H2,26,27,30)/t17-,19-/m0/s1. The fourth-order valence-electron chi connectivity index (χ4n) is 4.00. The zero-order valence-corrected chi connectivity index (χ0v) is 16.5. The van der Waals surface area contributed by atoms with Gasteiger partial charge in [0.25, 0.3) is 0 Å². The number of amides is 2. The molecule has 30 heavy (non-hydrogen) atoms. The lowest BCUT2D eigenvalue weighted by molar-refractivity contribution is -0.143. The highest BCUT2D eigenvalue weighted by Crippen LogP contribution is 2.25. The van der Waals surface area contributed by atoms with Crippen molar-refractivity contribution >= 4 is 34.3 Å². The van der Waals surface area contributed by atoms with Crippen molar-refractivity contribution in [1.82, 2.24) is 10.3 Å². The SMILES string of the molecule is O=C(Nc1cccc(C[C@H](C(=O)O)[C@H]2CCNC2)c1)Nc1cccc2cccnc12. The molecule has 1 fully saturated rings. The average molecular weight is 404 g/mol.